The first kappa shape index (κ1) is 22.9. The molecule has 0 aliphatic rings. The van der Waals surface area contributed by atoms with Gasteiger partial charge in [-0.05, 0) is 49.4 Å². The number of nitrogens with one attached hydrogen (secondary N) is 2. The molecule has 0 bridgehead atoms. The van der Waals surface area contributed by atoms with Gasteiger partial charge in [0.1, 0.15) is 6.04 Å². The monoisotopic (exact) mass is 435 g/mol. The van der Waals surface area contributed by atoms with Crippen LogP contribution in [0.5, 0.6) is 0 Å². The fraction of sp³-hybridized carbons (Fsp3) is 0.381. The molecule has 1 aromatic heterocycles. The van der Waals surface area contributed by atoms with Crippen molar-refractivity contribution in [3.63, 3.8) is 0 Å². The number of carbonyl (C=O) groups is 3. The summed E-state index contributed by atoms with van der Waals surface area (Å²) in [6, 6.07) is 7.58. The topological polar surface area (TPSA) is 78.5 Å². The Morgan fingerprint density at radius 1 is 1.14 bits per heavy atom. The molecule has 1 unspecified atom stereocenters. The first-order chi connectivity index (χ1) is 13.8. The van der Waals surface area contributed by atoms with Gasteiger partial charge in [0.05, 0.1) is 15.5 Å². The Balaban J connectivity index is 2.12. The van der Waals surface area contributed by atoms with E-state index in [1.165, 1.54) is 11.3 Å². The Morgan fingerprint density at radius 3 is 2.34 bits per heavy atom. The van der Waals surface area contributed by atoms with Crippen LogP contribution in [0.4, 0.5) is 5.69 Å². The zero-order valence-corrected chi connectivity index (χ0v) is 18.6. The number of thiophene rings is 1. The van der Waals surface area contributed by atoms with Gasteiger partial charge in [0.15, 0.2) is 0 Å². The predicted molar refractivity (Wildman–Crippen MR) is 118 cm³/mol. The van der Waals surface area contributed by atoms with Gasteiger partial charge in [0.2, 0.25) is 5.91 Å². The normalized spacial score (nSPS) is 11.8. The van der Waals surface area contributed by atoms with E-state index in [0.717, 1.165) is 0 Å². The summed E-state index contributed by atoms with van der Waals surface area (Å²) in [6.45, 7) is 8.70. The number of amides is 3. The zero-order chi connectivity index (χ0) is 21.6. The zero-order valence-electron chi connectivity index (χ0n) is 17.0. The molecule has 1 atom stereocenters. The van der Waals surface area contributed by atoms with Crippen LogP contribution in [-0.4, -0.2) is 41.8 Å². The lowest BCUT2D eigenvalue weighted by atomic mass is 10.0. The van der Waals surface area contributed by atoms with Crippen molar-refractivity contribution in [3.05, 3.63) is 51.2 Å². The van der Waals surface area contributed by atoms with Crippen molar-refractivity contribution >= 4 is 46.3 Å². The number of carbonyl (C=O) groups excluding carboxylic acids is 3. The smallest absolute Gasteiger partial charge is 0.262 e. The van der Waals surface area contributed by atoms with E-state index in [1.54, 1.807) is 35.2 Å². The van der Waals surface area contributed by atoms with Crippen LogP contribution in [-0.2, 0) is 4.79 Å². The predicted octanol–water partition coefficient (Wildman–Crippen LogP) is 4.28. The Kier molecular flexibility index (Phi) is 8.22. The fourth-order valence-corrected chi connectivity index (χ4v) is 3.71. The summed E-state index contributed by atoms with van der Waals surface area (Å²) in [7, 11) is 0. The van der Waals surface area contributed by atoms with Gasteiger partial charge in [-0.15, -0.1) is 11.3 Å². The van der Waals surface area contributed by atoms with Gasteiger partial charge < -0.3 is 15.5 Å². The first-order valence-electron chi connectivity index (χ1n) is 9.52. The Bertz CT molecular complexity index is 864. The molecule has 2 aromatic rings. The van der Waals surface area contributed by atoms with Crippen molar-refractivity contribution in [1.29, 1.82) is 0 Å². The number of rotatable bonds is 8. The molecule has 8 heteroatoms. The SMILES string of the molecule is CCN(CC)C(=O)c1ccc(NC(=O)C(NC(=O)c2cccs2)C(C)C)cc1Cl. The second-order valence-corrected chi connectivity index (χ2v) is 8.19. The molecule has 2 rings (SSSR count). The maximum absolute atomic E-state index is 12.7. The summed E-state index contributed by atoms with van der Waals surface area (Å²) in [6.07, 6.45) is 0. The number of hydrogen-bond donors (Lipinski definition) is 2. The molecular weight excluding hydrogens is 410 g/mol. The Morgan fingerprint density at radius 2 is 1.83 bits per heavy atom. The van der Waals surface area contributed by atoms with E-state index in [1.807, 2.05) is 33.1 Å². The van der Waals surface area contributed by atoms with Crippen LogP contribution >= 0.6 is 22.9 Å². The summed E-state index contributed by atoms with van der Waals surface area (Å²) in [5, 5.41) is 7.63. The van der Waals surface area contributed by atoms with Gasteiger partial charge in [0, 0.05) is 18.8 Å². The third kappa shape index (κ3) is 5.81. The van der Waals surface area contributed by atoms with Gasteiger partial charge in [0.25, 0.3) is 11.8 Å². The summed E-state index contributed by atoms with van der Waals surface area (Å²) in [5.74, 6) is -0.894. The van der Waals surface area contributed by atoms with E-state index >= 15 is 0 Å². The van der Waals surface area contributed by atoms with Crippen LogP contribution in [0.15, 0.2) is 35.7 Å². The van der Waals surface area contributed by atoms with Crippen molar-refractivity contribution in [2.45, 2.75) is 33.7 Å². The van der Waals surface area contributed by atoms with Crippen molar-refractivity contribution in [3.8, 4) is 0 Å². The van der Waals surface area contributed by atoms with E-state index in [4.69, 9.17) is 11.6 Å². The second kappa shape index (κ2) is 10.4. The highest BCUT2D eigenvalue weighted by atomic mass is 35.5. The molecule has 0 saturated heterocycles. The van der Waals surface area contributed by atoms with Gasteiger partial charge in [-0.3, -0.25) is 14.4 Å². The van der Waals surface area contributed by atoms with Gasteiger partial charge in [-0.25, -0.2) is 0 Å². The average Bonchev–Trinajstić information content (AvgIpc) is 3.21. The van der Waals surface area contributed by atoms with Crippen LogP contribution in [0.2, 0.25) is 5.02 Å². The molecule has 2 N–H and O–H groups in total. The molecule has 1 heterocycles. The number of anilines is 1. The molecule has 156 valence electrons. The molecule has 0 fully saturated rings. The van der Waals surface area contributed by atoms with Crippen LogP contribution in [0.25, 0.3) is 0 Å². The average molecular weight is 436 g/mol. The maximum atomic E-state index is 12.7. The van der Waals surface area contributed by atoms with Crippen LogP contribution in [0.3, 0.4) is 0 Å². The van der Waals surface area contributed by atoms with Crippen molar-refractivity contribution < 1.29 is 14.4 Å². The van der Waals surface area contributed by atoms with E-state index in [0.29, 0.717) is 29.2 Å². The highest BCUT2D eigenvalue weighted by Crippen LogP contribution is 2.23. The lowest BCUT2D eigenvalue weighted by Gasteiger charge is -2.22. The molecule has 3 amide bonds. The lowest BCUT2D eigenvalue weighted by molar-refractivity contribution is -0.118. The molecule has 0 aliphatic carbocycles. The highest BCUT2D eigenvalue weighted by molar-refractivity contribution is 7.12. The van der Waals surface area contributed by atoms with Gasteiger partial charge >= 0.3 is 0 Å². The Labute approximate surface area is 180 Å². The number of halogens is 1. The van der Waals surface area contributed by atoms with Gasteiger partial charge in [-0.2, -0.15) is 0 Å². The van der Waals surface area contributed by atoms with E-state index < -0.39 is 6.04 Å². The molecule has 1 aromatic carbocycles. The maximum Gasteiger partial charge on any atom is 0.262 e. The minimum absolute atomic E-state index is 0.113. The van der Waals surface area contributed by atoms with Crippen molar-refractivity contribution in [1.82, 2.24) is 10.2 Å². The van der Waals surface area contributed by atoms with Crippen molar-refractivity contribution in [2.24, 2.45) is 5.92 Å². The fourth-order valence-electron chi connectivity index (χ4n) is 2.82. The van der Waals surface area contributed by atoms with Crippen molar-refractivity contribution in [2.75, 3.05) is 18.4 Å². The summed E-state index contributed by atoms with van der Waals surface area (Å²) >= 11 is 7.61. The third-order valence-electron chi connectivity index (χ3n) is 4.50. The van der Waals surface area contributed by atoms with E-state index in [9.17, 15) is 14.4 Å². The van der Waals surface area contributed by atoms with Crippen LogP contribution < -0.4 is 10.6 Å². The standard InChI is InChI=1S/C21H26ClN3O3S/c1-5-25(6-2)21(28)15-10-9-14(12-16(15)22)23-20(27)18(13(3)4)24-19(26)17-8-7-11-29-17/h7-13,18H,5-6H2,1-4H3,(H,23,27)(H,24,26). The van der Waals surface area contributed by atoms with E-state index in [2.05, 4.69) is 10.6 Å². The summed E-state index contributed by atoms with van der Waals surface area (Å²) in [4.78, 5) is 39.8. The molecule has 0 aliphatic heterocycles. The van der Waals surface area contributed by atoms with Gasteiger partial charge in [-0.1, -0.05) is 31.5 Å². The van der Waals surface area contributed by atoms with Crippen LogP contribution in [0.1, 0.15) is 47.7 Å². The molecule has 0 spiro atoms. The quantitative estimate of drug-likeness (QED) is 0.649. The molecule has 0 saturated carbocycles. The number of benzene rings is 1. The molecule has 6 nitrogen and oxygen atoms in total. The lowest BCUT2D eigenvalue weighted by Crippen LogP contribution is -2.46. The number of nitrogens with zero attached hydrogens (tertiary/aromatic N) is 1. The minimum Gasteiger partial charge on any atom is -0.339 e. The van der Waals surface area contributed by atoms with Crippen LogP contribution in [0, 0.1) is 5.92 Å². The van der Waals surface area contributed by atoms with E-state index in [-0.39, 0.29) is 28.7 Å². The summed E-state index contributed by atoms with van der Waals surface area (Å²) < 4.78 is 0. The molecule has 29 heavy (non-hydrogen) atoms. The highest BCUT2D eigenvalue weighted by Gasteiger charge is 2.25. The minimum atomic E-state index is -0.708. The first-order valence-corrected chi connectivity index (χ1v) is 10.8. The largest absolute Gasteiger partial charge is 0.339 e. The molecular formula is C21H26ClN3O3S. The number of hydrogen-bond acceptors (Lipinski definition) is 4. The third-order valence-corrected chi connectivity index (χ3v) is 5.68. The summed E-state index contributed by atoms with van der Waals surface area (Å²) in [5.41, 5.74) is 0.854. The second-order valence-electron chi connectivity index (χ2n) is 6.83. The molecule has 0 radical (unpaired) electrons. The Hall–Kier alpha value is -2.38.